The third kappa shape index (κ3) is 4.15. The van der Waals surface area contributed by atoms with Crippen molar-refractivity contribution >= 4 is 55.1 Å². The molecule has 4 aliphatic rings. The molecule has 4 nitrogen and oxygen atoms in total. The lowest BCUT2D eigenvalue weighted by Crippen LogP contribution is -2.21. The van der Waals surface area contributed by atoms with E-state index in [2.05, 4.69) is 158 Å². The summed E-state index contributed by atoms with van der Waals surface area (Å²) in [6.45, 7) is 0. The van der Waals surface area contributed by atoms with Gasteiger partial charge in [-0.15, -0.1) is 0 Å². The smallest absolute Gasteiger partial charge is 0.164 e. The fraction of sp³-hybridized carbons (Fsp3) is 0.0408. The van der Waals surface area contributed by atoms with E-state index in [4.69, 9.17) is 19.4 Å². The van der Waals surface area contributed by atoms with Crippen molar-refractivity contribution in [1.82, 2.24) is 15.0 Å². The summed E-state index contributed by atoms with van der Waals surface area (Å²) in [5.74, 6) is 1.93. The minimum absolute atomic E-state index is 0.350. The van der Waals surface area contributed by atoms with Gasteiger partial charge in [0.05, 0.1) is 0 Å². The Balaban J connectivity index is 1.20. The standard InChI is InChI=1S/C49H29N3O/c1-2-9-29(10-3-1)30-11-6-12-32(25-30)46-50-47-33-19-21-42-41(27-33)44-35(16-7-17-43(44)53-42)31-18-20-38-40(26-31)37-15-5-4-14-36(37)39-22-24-49(45(38)39)23-8-13-34(28-49)48(51-46)52-47/h1-22,24-28H,23H2. The van der Waals surface area contributed by atoms with Crippen molar-refractivity contribution in [2.45, 2.75) is 11.8 Å². The predicted octanol–water partition coefficient (Wildman–Crippen LogP) is 12.4. The van der Waals surface area contributed by atoms with Crippen LogP contribution >= 0.6 is 0 Å². The van der Waals surface area contributed by atoms with Gasteiger partial charge in [0, 0.05) is 32.9 Å². The molecule has 10 bridgehead atoms. The summed E-state index contributed by atoms with van der Waals surface area (Å²) >= 11 is 0. The quantitative estimate of drug-likeness (QED) is 0.171. The lowest BCUT2D eigenvalue weighted by Gasteiger charge is -2.30. The lowest BCUT2D eigenvalue weighted by molar-refractivity contribution is 0.669. The number of nitrogens with zero attached hydrogens (tertiary/aromatic N) is 3. The molecule has 4 heterocycles. The fourth-order valence-corrected chi connectivity index (χ4v) is 9.01. The van der Waals surface area contributed by atoms with Gasteiger partial charge in [0.1, 0.15) is 11.2 Å². The van der Waals surface area contributed by atoms with Crippen molar-refractivity contribution < 1.29 is 4.42 Å². The number of furan rings is 1. The van der Waals surface area contributed by atoms with Crippen LogP contribution in [0.25, 0.3) is 100 Å². The zero-order chi connectivity index (χ0) is 34.7. The molecule has 53 heavy (non-hydrogen) atoms. The first-order valence-electron chi connectivity index (χ1n) is 18.2. The highest BCUT2D eigenvalue weighted by atomic mass is 16.3. The third-order valence-electron chi connectivity index (χ3n) is 11.4. The van der Waals surface area contributed by atoms with E-state index in [1.54, 1.807) is 0 Å². The molecular formula is C49H29N3O. The molecule has 0 N–H and O–H groups in total. The maximum absolute atomic E-state index is 6.50. The number of fused-ring (bicyclic) bond motifs is 3. The highest BCUT2D eigenvalue weighted by molar-refractivity contribution is 6.18. The number of allylic oxidation sites excluding steroid dienone is 5. The van der Waals surface area contributed by atoms with Crippen molar-refractivity contribution in [2.24, 2.45) is 0 Å². The Morgan fingerprint density at radius 1 is 0.491 bits per heavy atom. The van der Waals surface area contributed by atoms with Gasteiger partial charge >= 0.3 is 0 Å². The third-order valence-corrected chi connectivity index (χ3v) is 11.4. The Morgan fingerprint density at radius 3 is 2.13 bits per heavy atom. The summed E-state index contributed by atoms with van der Waals surface area (Å²) in [5, 5.41) is 7.18. The van der Waals surface area contributed by atoms with Crippen LogP contribution in [0.1, 0.15) is 23.4 Å². The molecule has 1 unspecified atom stereocenters. The second-order valence-corrected chi connectivity index (χ2v) is 14.4. The minimum Gasteiger partial charge on any atom is -0.456 e. The van der Waals surface area contributed by atoms with E-state index in [1.807, 2.05) is 6.07 Å². The summed E-state index contributed by atoms with van der Waals surface area (Å²) in [7, 11) is 0. The maximum atomic E-state index is 6.50. The van der Waals surface area contributed by atoms with E-state index in [-0.39, 0.29) is 5.41 Å². The predicted molar refractivity (Wildman–Crippen MR) is 216 cm³/mol. The fourth-order valence-electron chi connectivity index (χ4n) is 9.01. The van der Waals surface area contributed by atoms with E-state index in [9.17, 15) is 0 Å². The van der Waals surface area contributed by atoms with E-state index in [0.29, 0.717) is 17.5 Å². The average molecular weight is 676 g/mol. The molecule has 1 atom stereocenters. The van der Waals surface area contributed by atoms with E-state index in [1.165, 1.54) is 32.7 Å². The molecule has 4 heteroatoms. The normalized spacial score (nSPS) is 16.6. The van der Waals surface area contributed by atoms with Crippen molar-refractivity contribution in [3.63, 3.8) is 0 Å². The van der Waals surface area contributed by atoms with Crippen molar-refractivity contribution in [3.05, 3.63) is 175 Å². The summed E-state index contributed by atoms with van der Waals surface area (Å²) < 4.78 is 6.50. The summed E-state index contributed by atoms with van der Waals surface area (Å²) in [6.07, 6.45) is 12.4. The molecule has 1 spiro atoms. The highest BCUT2D eigenvalue weighted by Crippen LogP contribution is 2.51. The highest BCUT2D eigenvalue weighted by Gasteiger charge is 2.37. The molecule has 0 amide bonds. The number of rotatable bonds is 2. The van der Waals surface area contributed by atoms with Crippen LogP contribution in [-0.4, -0.2) is 15.0 Å². The molecule has 0 radical (unpaired) electrons. The van der Waals surface area contributed by atoms with Gasteiger partial charge in [-0.25, -0.2) is 15.0 Å². The first kappa shape index (κ1) is 28.8. The second kappa shape index (κ2) is 10.6. The van der Waals surface area contributed by atoms with Gasteiger partial charge in [-0.1, -0.05) is 127 Å². The van der Waals surface area contributed by atoms with Gasteiger partial charge in [0.15, 0.2) is 17.5 Å². The van der Waals surface area contributed by atoms with E-state index < -0.39 is 0 Å². The van der Waals surface area contributed by atoms with Gasteiger partial charge in [0.2, 0.25) is 0 Å². The Kier molecular flexibility index (Phi) is 5.73. The molecular weight excluding hydrogens is 647 g/mol. The van der Waals surface area contributed by atoms with Crippen LogP contribution in [0.2, 0.25) is 0 Å². The number of hydrogen-bond acceptors (Lipinski definition) is 4. The van der Waals surface area contributed by atoms with Crippen LogP contribution < -0.4 is 0 Å². The van der Waals surface area contributed by atoms with Gasteiger partial charge in [-0.3, -0.25) is 0 Å². The average Bonchev–Trinajstić information content (AvgIpc) is 3.79. The Labute approximate surface area is 305 Å². The monoisotopic (exact) mass is 675 g/mol. The van der Waals surface area contributed by atoms with Gasteiger partial charge in [-0.05, 0) is 97.7 Å². The van der Waals surface area contributed by atoms with E-state index >= 15 is 0 Å². The zero-order valence-electron chi connectivity index (χ0n) is 28.5. The first-order valence-corrected chi connectivity index (χ1v) is 18.2. The molecule has 7 aromatic carbocycles. The van der Waals surface area contributed by atoms with Crippen molar-refractivity contribution in [3.8, 4) is 45.0 Å². The SMILES string of the molecule is C1=CC2=CC3(C=Cc4c3c3ccc(cc3c3ccccc43)-c3cccc4oc5ccc(cc5c34)-c3nc2nc(-c2cccc(-c4ccccc4)c2)n3)C1. The number of aromatic nitrogens is 3. The van der Waals surface area contributed by atoms with Crippen LogP contribution in [0.4, 0.5) is 0 Å². The Bertz CT molecular complexity index is 3150. The maximum Gasteiger partial charge on any atom is 0.164 e. The summed E-state index contributed by atoms with van der Waals surface area (Å²) in [4.78, 5) is 15.7. The van der Waals surface area contributed by atoms with Gasteiger partial charge < -0.3 is 4.42 Å². The largest absolute Gasteiger partial charge is 0.456 e. The minimum atomic E-state index is -0.350. The molecule has 2 aliphatic heterocycles. The summed E-state index contributed by atoms with van der Waals surface area (Å²) in [6, 6.07) is 47.5. The molecule has 246 valence electrons. The van der Waals surface area contributed by atoms with Crippen LogP contribution in [0.5, 0.6) is 0 Å². The van der Waals surface area contributed by atoms with Crippen molar-refractivity contribution in [2.75, 3.05) is 0 Å². The second-order valence-electron chi connectivity index (χ2n) is 14.4. The number of benzene rings is 7. The van der Waals surface area contributed by atoms with Gasteiger partial charge in [-0.2, -0.15) is 0 Å². The summed E-state index contributed by atoms with van der Waals surface area (Å²) in [5.41, 5.74) is 11.4. The lowest BCUT2D eigenvalue weighted by atomic mass is 9.73. The van der Waals surface area contributed by atoms with Crippen LogP contribution in [0.3, 0.4) is 0 Å². The van der Waals surface area contributed by atoms with Crippen LogP contribution in [0.15, 0.2) is 162 Å². The number of hydrogen-bond donors (Lipinski definition) is 0. The zero-order valence-corrected chi connectivity index (χ0v) is 28.5. The Hall–Kier alpha value is -6.91. The molecule has 0 saturated carbocycles. The molecule has 9 aromatic rings. The van der Waals surface area contributed by atoms with Crippen LogP contribution in [-0.2, 0) is 5.41 Å². The van der Waals surface area contributed by atoms with E-state index in [0.717, 1.165) is 67.3 Å². The molecule has 13 rings (SSSR count). The Morgan fingerprint density at radius 2 is 1.23 bits per heavy atom. The van der Waals surface area contributed by atoms with Crippen LogP contribution in [0, 0.1) is 0 Å². The topological polar surface area (TPSA) is 51.8 Å². The molecule has 2 aromatic heterocycles. The molecule has 2 aliphatic carbocycles. The van der Waals surface area contributed by atoms with Crippen molar-refractivity contribution in [1.29, 1.82) is 0 Å². The molecule has 0 fully saturated rings. The van der Waals surface area contributed by atoms with Gasteiger partial charge in [0.25, 0.3) is 0 Å². The molecule has 0 saturated heterocycles. The first-order chi connectivity index (χ1) is 26.2.